The van der Waals surface area contributed by atoms with Gasteiger partial charge in [0, 0.05) is 31.4 Å². The standard InChI is InChI=1S/C22H23N5O2/c1-15-5-3-7-18(9-15)29-21-13-23-11-19(26-21)17-6-4-8-27(14-17)22(28)20-12-24-16(2)10-25-20/h3,5,7,9-13,17H,4,6,8,14H2,1-2H3/t17-/m1/s1. The van der Waals surface area contributed by atoms with Crippen molar-refractivity contribution >= 4 is 5.91 Å². The Bertz CT molecular complexity index is 1010. The fourth-order valence-electron chi connectivity index (χ4n) is 3.48. The molecule has 2 aromatic heterocycles. The molecule has 0 unspecified atom stereocenters. The van der Waals surface area contributed by atoms with E-state index in [1.54, 1.807) is 18.6 Å². The van der Waals surface area contributed by atoms with E-state index in [0.717, 1.165) is 35.5 Å². The van der Waals surface area contributed by atoms with Crippen molar-refractivity contribution < 1.29 is 9.53 Å². The number of aryl methyl sites for hydroxylation is 2. The van der Waals surface area contributed by atoms with Gasteiger partial charge < -0.3 is 9.64 Å². The zero-order chi connectivity index (χ0) is 20.2. The molecule has 1 saturated heterocycles. The molecule has 1 aliphatic heterocycles. The van der Waals surface area contributed by atoms with E-state index >= 15 is 0 Å². The lowest BCUT2D eigenvalue weighted by Crippen LogP contribution is -2.39. The van der Waals surface area contributed by atoms with Crippen molar-refractivity contribution in [1.82, 2.24) is 24.8 Å². The van der Waals surface area contributed by atoms with Crippen molar-refractivity contribution in [3.63, 3.8) is 0 Å². The lowest BCUT2D eigenvalue weighted by Gasteiger charge is -2.32. The van der Waals surface area contributed by atoms with E-state index in [-0.39, 0.29) is 11.8 Å². The normalized spacial score (nSPS) is 16.5. The average molecular weight is 389 g/mol. The molecule has 1 fully saturated rings. The monoisotopic (exact) mass is 389 g/mol. The lowest BCUT2D eigenvalue weighted by molar-refractivity contribution is 0.0699. The number of nitrogens with zero attached hydrogens (tertiary/aromatic N) is 5. The van der Waals surface area contributed by atoms with Gasteiger partial charge in [0.1, 0.15) is 11.4 Å². The van der Waals surface area contributed by atoms with Crippen molar-refractivity contribution in [2.75, 3.05) is 13.1 Å². The summed E-state index contributed by atoms with van der Waals surface area (Å²) in [5, 5.41) is 0. The average Bonchev–Trinajstić information content (AvgIpc) is 2.74. The number of ether oxygens (including phenoxy) is 1. The van der Waals surface area contributed by atoms with Gasteiger partial charge in [-0.05, 0) is 44.4 Å². The molecule has 0 bridgehead atoms. The first-order chi connectivity index (χ1) is 14.1. The summed E-state index contributed by atoms with van der Waals surface area (Å²) in [7, 11) is 0. The highest BCUT2D eigenvalue weighted by atomic mass is 16.5. The van der Waals surface area contributed by atoms with Gasteiger partial charge in [-0.15, -0.1) is 0 Å². The van der Waals surface area contributed by atoms with Gasteiger partial charge in [-0.2, -0.15) is 0 Å². The minimum absolute atomic E-state index is 0.0951. The maximum Gasteiger partial charge on any atom is 0.274 e. The maximum absolute atomic E-state index is 12.8. The largest absolute Gasteiger partial charge is 0.437 e. The molecular weight excluding hydrogens is 366 g/mol. The second-order valence-electron chi connectivity index (χ2n) is 7.33. The zero-order valence-electron chi connectivity index (χ0n) is 16.6. The van der Waals surface area contributed by atoms with Crippen LogP contribution in [0, 0.1) is 13.8 Å². The third kappa shape index (κ3) is 4.56. The van der Waals surface area contributed by atoms with Crippen LogP contribution in [0.5, 0.6) is 11.6 Å². The molecule has 0 radical (unpaired) electrons. The molecular formula is C22H23N5O2. The molecule has 4 rings (SSSR count). The molecule has 7 heteroatoms. The second-order valence-corrected chi connectivity index (χ2v) is 7.33. The molecule has 1 aliphatic rings. The van der Waals surface area contributed by atoms with Crippen LogP contribution in [-0.4, -0.2) is 43.8 Å². The Balaban J connectivity index is 1.48. The summed E-state index contributed by atoms with van der Waals surface area (Å²) in [6, 6.07) is 7.81. The highest BCUT2D eigenvalue weighted by Crippen LogP contribution is 2.28. The number of hydrogen-bond donors (Lipinski definition) is 0. The van der Waals surface area contributed by atoms with Gasteiger partial charge in [-0.3, -0.25) is 14.8 Å². The van der Waals surface area contributed by atoms with Crippen LogP contribution in [0.2, 0.25) is 0 Å². The van der Waals surface area contributed by atoms with Gasteiger partial charge in [0.25, 0.3) is 5.91 Å². The maximum atomic E-state index is 12.8. The summed E-state index contributed by atoms with van der Waals surface area (Å²) < 4.78 is 5.87. The van der Waals surface area contributed by atoms with Crippen LogP contribution >= 0.6 is 0 Å². The van der Waals surface area contributed by atoms with Crippen LogP contribution in [0.1, 0.15) is 46.2 Å². The predicted octanol–water partition coefficient (Wildman–Crippen LogP) is 3.70. The molecule has 0 N–H and O–H groups in total. The van der Waals surface area contributed by atoms with Crippen molar-refractivity contribution in [2.45, 2.75) is 32.6 Å². The van der Waals surface area contributed by atoms with E-state index in [1.165, 1.54) is 6.20 Å². The molecule has 1 atom stereocenters. The van der Waals surface area contributed by atoms with E-state index < -0.39 is 0 Å². The molecule has 1 aromatic carbocycles. The summed E-state index contributed by atoms with van der Waals surface area (Å²) in [6.45, 7) is 5.15. The van der Waals surface area contributed by atoms with Crippen LogP contribution < -0.4 is 4.74 Å². The number of likely N-dealkylation sites (tertiary alicyclic amines) is 1. The molecule has 0 spiro atoms. The van der Waals surface area contributed by atoms with Gasteiger partial charge in [-0.1, -0.05) is 12.1 Å². The molecule has 0 aliphatic carbocycles. The van der Waals surface area contributed by atoms with Gasteiger partial charge in [0.15, 0.2) is 0 Å². The predicted molar refractivity (Wildman–Crippen MR) is 108 cm³/mol. The second kappa shape index (κ2) is 8.34. The number of amides is 1. The summed E-state index contributed by atoms with van der Waals surface area (Å²) in [5.74, 6) is 1.21. The van der Waals surface area contributed by atoms with E-state index in [9.17, 15) is 4.79 Å². The molecule has 7 nitrogen and oxygen atoms in total. The first-order valence-electron chi connectivity index (χ1n) is 9.73. The molecule has 3 heterocycles. The van der Waals surface area contributed by atoms with E-state index in [4.69, 9.17) is 4.74 Å². The number of benzene rings is 1. The quantitative estimate of drug-likeness (QED) is 0.677. The molecule has 1 amide bonds. The van der Waals surface area contributed by atoms with Crippen LogP contribution in [-0.2, 0) is 0 Å². The Hall–Kier alpha value is -3.35. The first kappa shape index (κ1) is 19.0. The number of aromatic nitrogens is 4. The number of piperidine rings is 1. The zero-order valence-corrected chi connectivity index (χ0v) is 16.6. The summed E-state index contributed by atoms with van der Waals surface area (Å²) >= 11 is 0. The fourth-order valence-corrected chi connectivity index (χ4v) is 3.48. The lowest BCUT2D eigenvalue weighted by atomic mass is 9.95. The number of carbonyl (C=O) groups is 1. The SMILES string of the molecule is Cc1cccc(Oc2cncc([C@@H]3CCCN(C(=O)c4cnc(C)cn4)C3)n2)c1. The summed E-state index contributed by atoms with van der Waals surface area (Å²) in [5.41, 5.74) is 3.12. The van der Waals surface area contributed by atoms with Crippen LogP contribution in [0.25, 0.3) is 0 Å². The third-order valence-corrected chi connectivity index (χ3v) is 4.97. The molecule has 3 aromatic rings. The Morgan fingerprint density at radius 1 is 1.14 bits per heavy atom. The van der Waals surface area contributed by atoms with Crippen LogP contribution in [0.4, 0.5) is 0 Å². The number of rotatable bonds is 4. The Kier molecular flexibility index (Phi) is 5.46. The highest BCUT2D eigenvalue weighted by molar-refractivity contribution is 5.92. The Morgan fingerprint density at radius 2 is 2.03 bits per heavy atom. The number of hydrogen-bond acceptors (Lipinski definition) is 6. The van der Waals surface area contributed by atoms with Crippen molar-refractivity contribution in [2.24, 2.45) is 0 Å². The van der Waals surface area contributed by atoms with E-state index in [1.807, 2.05) is 43.0 Å². The minimum atomic E-state index is -0.0951. The fraction of sp³-hybridized carbons (Fsp3) is 0.318. The van der Waals surface area contributed by atoms with Gasteiger partial charge in [0.05, 0.1) is 23.8 Å². The Labute approximate surface area is 169 Å². The molecule has 29 heavy (non-hydrogen) atoms. The Morgan fingerprint density at radius 3 is 2.83 bits per heavy atom. The number of carbonyl (C=O) groups excluding carboxylic acids is 1. The van der Waals surface area contributed by atoms with Crippen LogP contribution in [0.3, 0.4) is 0 Å². The van der Waals surface area contributed by atoms with Gasteiger partial charge >= 0.3 is 0 Å². The topological polar surface area (TPSA) is 81.1 Å². The van der Waals surface area contributed by atoms with E-state index in [2.05, 4.69) is 19.9 Å². The molecule has 148 valence electrons. The highest BCUT2D eigenvalue weighted by Gasteiger charge is 2.27. The van der Waals surface area contributed by atoms with Crippen molar-refractivity contribution in [3.8, 4) is 11.6 Å². The van der Waals surface area contributed by atoms with E-state index in [0.29, 0.717) is 24.7 Å². The molecule has 0 saturated carbocycles. The summed E-state index contributed by atoms with van der Waals surface area (Å²) in [4.78, 5) is 32.0. The summed E-state index contributed by atoms with van der Waals surface area (Å²) in [6.07, 6.45) is 8.38. The van der Waals surface area contributed by atoms with Gasteiger partial charge in [-0.25, -0.2) is 9.97 Å². The smallest absolute Gasteiger partial charge is 0.274 e. The van der Waals surface area contributed by atoms with Crippen molar-refractivity contribution in [3.05, 3.63) is 71.7 Å². The van der Waals surface area contributed by atoms with Gasteiger partial charge in [0.2, 0.25) is 5.88 Å². The van der Waals surface area contributed by atoms with Crippen molar-refractivity contribution in [1.29, 1.82) is 0 Å². The minimum Gasteiger partial charge on any atom is -0.437 e. The van der Waals surface area contributed by atoms with Crippen LogP contribution in [0.15, 0.2) is 49.1 Å². The third-order valence-electron chi connectivity index (χ3n) is 4.97. The first-order valence-corrected chi connectivity index (χ1v) is 9.73.